The highest BCUT2D eigenvalue weighted by atomic mass is 16.5. The molecule has 8 aromatic carbocycles. The summed E-state index contributed by atoms with van der Waals surface area (Å²) in [7, 11) is 1.39. The molecule has 23 nitrogen and oxygen atoms in total. The van der Waals surface area contributed by atoms with Gasteiger partial charge in [-0.15, -0.1) is 0 Å². The number of fused-ring (bicyclic) bond motifs is 8. The Kier molecular flexibility index (Phi) is 21.5. The van der Waals surface area contributed by atoms with Crippen LogP contribution in [0.4, 0.5) is 17.1 Å². The second kappa shape index (κ2) is 34.4. The lowest BCUT2D eigenvalue weighted by atomic mass is 10.0. The number of methoxy groups -OCH3 is 1. The molecule has 23 rings (SSSR count). The van der Waals surface area contributed by atoms with Crippen molar-refractivity contribution < 1.29 is 9.53 Å². The van der Waals surface area contributed by atoms with Crippen LogP contribution in [0.25, 0.3) is 155 Å². The van der Waals surface area contributed by atoms with E-state index in [1.165, 1.54) is 35.3 Å². The molecule has 0 unspecified atom stereocenters. The summed E-state index contributed by atoms with van der Waals surface area (Å²) >= 11 is 0. The molecule has 0 saturated carbocycles. The van der Waals surface area contributed by atoms with Gasteiger partial charge in [0.05, 0.1) is 47.8 Å². The molecule has 3 N–H and O–H groups in total. The zero-order valence-corrected chi connectivity index (χ0v) is 68.8. The van der Waals surface area contributed by atoms with Crippen molar-refractivity contribution in [1.82, 2.24) is 89.1 Å². The van der Waals surface area contributed by atoms with Crippen molar-refractivity contribution in [1.29, 1.82) is 0 Å². The van der Waals surface area contributed by atoms with Gasteiger partial charge in [-0.2, -0.15) is 15.3 Å². The highest BCUT2D eigenvalue weighted by Gasteiger charge is 2.23. The van der Waals surface area contributed by atoms with Crippen molar-refractivity contribution in [3.63, 3.8) is 0 Å². The molecule has 0 aliphatic carbocycles. The number of para-hydroxylation sites is 3. The highest BCUT2D eigenvalue weighted by Crippen LogP contribution is 2.38. The Bertz CT molecular complexity index is 7290. The van der Waals surface area contributed by atoms with E-state index in [1.807, 2.05) is 177 Å². The molecule has 23 heteroatoms. The largest absolute Gasteiger partial charge is 0.464 e. The topological polar surface area (TPSA) is 232 Å². The maximum atomic E-state index is 12.5. The molecule has 15 heterocycles. The summed E-state index contributed by atoms with van der Waals surface area (Å²) < 4.78 is 12.5. The number of anilines is 3. The summed E-state index contributed by atoms with van der Waals surface area (Å²) in [6.45, 7) is 16.6. The van der Waals surface area contributed by atoms with Crippen LogP contribution in [0.1, 0.15) is 21.6 Å². The van der Waals surface area contributed by atoms with Gasteiger partial charge in [-0.1, -0.05) is 133 Å². The summed E-state index contributed by atoms with van der Waals surface area (Å²) in [5, 5.41) is 28.4. The molecule has 608 valence electrons. The van der Waals surface area contributed by atoms with Crippen LogP contribution in [-0.2, 0) is 4.74 Å². The Labute approximate surface area is 715 Å². The number of carbonyl (C=O) groups is 1. The molecule has 3 saturated heterocycles. The van der Waals surface area contributed by atoms with Crippen LogP contribution in [0, 0.1) is 13.8 Å². The standard InChI is InChI=1S/C26H24N6.2C25H22N6.C25H19N3O2/c1-18-2-7-23-22(8-9-28-25(23)14-18)24-16-30-32-17-20(15-29-26(24)32)19-3-5-21(6-4-19)31-12-10-27-11-13-31;1-2-7-24-22(6-1)21(8-9-27-24)23-16-29-31-17-19(15-28-25(23)31)18-4-3-5-20(14-18)30-12-10-26-11-13-30;1-2-4-24-22(3-1)21(9-10-27-24)23-16-29-31-17-19(15-28-25(23)31)18-5-7-20(8-6-18)30-13-11-26-12-14-30;1-16-7-9-17(10-8-16)18-14-27-24-21(13-23(25(29)30-2)28(24)15-18)19-11-12-26-22-6-4-3-5-20(19)22/h2-9,14-17,27H,10-13H2,1H3;1-9,14-17,26H,10-13H2;1-10,15-17,26H,11-14H2;3-15H,1-2H3. The molecule has 0 radical (unpaired) electrons. The van der Waals surface area contributed by atoms with E-state index in [1.54, 1.807) is 6.20 Å². The van der Waals surface area contributed by atoms with E-state index in [2.05, 4.69) is 226 Å². The number of ether oxygens (including phenoxy) is 1. The monoisotopic (exact) mass is 1630 g/mol. The molecule has 12 aromatic heterocycles. The molecule has 3 aliphatic heterocycles. The van der Waals surface area contributed by atoms with Crippen molar-refractivity contribution in [3.8, 4) is 89.0 Å². The Morgan fingerprint density at radius 1 is 0.298 bits per heavy atom. The zero-order valence-electron chi connectivity index (χ0n) is 68.8. The number of pyridine rings is 4. The average molecular weight is 1630 g/mol. The molecule has 3 aliphatic rings. The van der Waals surface area contributed by atoms with E-state index in [4.69, 9.17) is 24.7 Å². The molecule has 0 amide bonds. The fraction of sp³-hybridized carbons (Fsp3) is 0.149. The fourth-order valence-corrected chi connectivity index (χ4v) is 16.9. The van der Waals surface area contributed by atoms with E-state index in [9.17, 15) is 4.79 Å². The van der Waals surface area contributed by atoms with E-state index >= 15 is 0 Å². The smallest absolute Gasteiger partial charge is 0.355 e. The Morgan fingerprint density at radius 2 is 0.669 bits per heavy atom. The van der Waals surface area contributed by atoms with Crippen molar-refractivity contribution in [3.05, 3.63) is 328 Å². The quantitative estimate of drug-likeness (QED) is 0.0965. The van der Waals surface area contributed by atoms with Crippen LogP contribution in [0.5, 0.6) is 0 Å². The normalized spacial score (nSPS) is 13.6. The van der Waals surface area contributed by atoms with Crippen LogP contribution < -0.4 is 30.7 Å². The molecule has 3 fully saturated rings. The first-order valence-corrected chi connectivity index (χ1v) is 41.9. The van der Waals surface area contributed by atoms with Crippen LogP contribution in [0.2, 0.25) is 0 Å². The van der Waals surface area contributed by atoms with Gasteiger partial charge in [0, 0.05) is 236 Å². The lowest BCUT2D eigenvalue weighted by Gasteiger charge is -2.29. The minimum Gasteiger partial charge on any atom is -0.464 e. The van der Waals surface area contributed by atoms with E-state index in [-0.39, 0.29) is 0 Å². The molecule has 20 aromatic rings. The molecule has 0 bridgehead atoms. The van der Waals surface area contributed by atoms with Crippen molar-refractivity contribution in [2.24, 2.45) is 0 Å². The first-order chi connectivity index (χ1) is 61.1. The third-order valence-electron chi connectivity index (χ3n) is 23.5. The molecule has 124 heavy (non-hydrogen) atoms. The Morgan fingerprint density at radius 3 is 1.11 bits per heavy atom. The van der Waals surface area contributed by atoms with Gasteiger partial charge in [-0.3, -0.25) is 24.3 Å². The van der Waals surface area contributed by atoms with Crippen LogP contribution in [0.15, 0.2) is 311 Å². The van der Waals surface area contributed by atoms with Gasteiger partial charge in [-0.05, 0) is 155 Å². The third-order valence-corrected chi connectivity index (χ3v) is 23.5. The zero-order chi connectivity index (χ0) is 83.4. The number of hydrogen-bond donors (Lipinski definition) is 3. The fourth-order valence-electron chi connectivity index (χ4n) is 16.9. The second-order valence-corrected chi connectivity index (χ2v) is 31.2. The number of benzene rings is 8. The lowest BCUT2D eigenvalue weighted by molar-refractivity contribution is 0.0593. The number of aryl methyl sites for hydroxylation is 2. The number of piperazine rings is 3. The Hall–Kier alpha value is -15.3. The summed E-state index contributed by atoms with van der Waals surface area (Å²) in [6.07, 6.45) is 28.8. The molecule has 0 atom stereocenters. The van der Waals surface area contributed by atoms with Gasteiger partial charge < -0.3 is 35.4 Å². The van der Waals surface area contributed by atoms with Gasteiger partial charge in [0.25, 0.3) is 0 Å². The van der Waals surface area contributed by atoms with Crippen LogP contribution in [0.3, 0.4) is 0 Å². The number of aromatic nitrogens is 15. The first kappa shape index (κ1) is 77.3. The minimum absolute atomic E-state index is 0.405. The average Bonchev–Trinajstić information content (AvgIpc) is 1.60. The Balaban J connectivity index is 0.000000105. The van der Waals surface area contributed by atoms with Gasteiger partial charge >= 0.3 is 5.97 Å². The van der Waals surface area contributed by atoms with Crippen LogP contribution >= 0.6 is 0 Å². The number of carbonyl (C=O) groups excluding carboxylic acids is 1. The van der Waals surface area contributed by atoms with Crippen molar-refractivity contribution in [2.75, 3.05) is 100 Å². The first-order valence-electron chi connectivity index (χ1n) is 41.9. The number of nitrogens with zero attached hydrogens (tertiary/aromatic N) is 18. The van der Waals surface area contributed by atoms with E-state index in [0.29, 0.717) is 11.3 Å². The highest BCUT2D eigenvalue weighted by molar-refractivity contribution is 6.03. The van der Waals surface area contributed by atoms with Gasteiger partial charge in [0.2, 0.25) is 0 Å². The lowest BCUT2D eigenvalue weighted by Crippen LogP contribution is -2.43. The van der Waals surface area contributed by atoms with E-state index < -0.39 is 5.97 Å². The summed E-state index contributed by atoms with van der Waals surface area (Å²) in [4.78, 5) is 56.8. The predicted octanol–water partition coefficient (Wildman–Crippen LogP) is 17.7. The number of esters is 1. The van der Waals surface area contributed by atoms with Gasteiger partial charge in [0.1, 0.15) is 11.3 Å². The maximum Gasteiger partial charge on any atom is 0.355 e. The molecular weight excluding hydrogens is 1540 g/mol. The maximum absolute atomic E-state index is 12.5. The van der Waals surface area contributed by atoms with Crippen molar-refractivity contribution >= 4 is 89.2 Å². The minimum atomic E-state index is -0.405. The summed E-state index contributed by atoms with van der Waals surface area (Å²) in [6, 6.07) is 74.9. The van der Waals surface area contributed by atoms with Gasteiger partial charge in [-0.25, -0.2) is 38.3 Å². The summed E-state index contributed by atoms with van der Waals surface area (Å²) in [5.41, 5.74) is 30.4. The number of rotatable bonds is 12. The molecule has 0 spiro atoms. The number of hydrogen-bond acceptors (Lipinski definition) is 19. The number of nitrogens with one attached hydrogen (secondary N) is 3. The predicted molar refractivity (Wildman–Crippen MR) is 495 cm³/mol. The van der Waals surface area contributed by atoms with Gasteiger partial charge in [0.15, 0.2) is 16.9 Å². The van der Waals surface area contributed by atoms with Crippen molar-refractivity contribution in [2.45, 2.75) is 13.8 Å². The third kappa shape index (κ3) is 15.7. The van der Waals surface area contributed by atoms with Crippen LogP contribution in [-0.4, -0.2) is 165 Å². The summed E-state index contributed by atoms with van der Waals surface area (Å²) in [5.74, 6) is -0.405. The van der Waals surface area contributed by atoms with E-state index in [0.717, 1.165) is 228 Å². The molecular formula is C101H87N21O2. The SMILES string of the molecule is COC(=O)c1cc(-c2ccnc3ccccc23)c2ncc(-c3ccc(C)cc3)cn12.Cc1ccc2c(-c3cnn4cc(-c5ccc(N6CCNCC6)cc5)cnc34)ccnc2c1.c1cc(-c2cnc3c(-c4ccnc5ccccc45)cnn3c2)cc(N2CCNCC2)c1.c1ccc2c(-c3cnn4cc(-c5ccc(N6CCNCC6)cc5)cnc34)ccnc2c1. The second-order valence-electron chi connectivity index (χ2n) is 31.2.